The van der Waals surface area contributed by atoms with Crippen molar-refractivity contribution in [3.63, 3.8) is 0 Å². The number of ether oxygens (including phenoxy) is 2. The lowest BCUT2D eigenvalue weighted by molar-refractivity contribution is -0.213. The van der Waals surface area contributed by atoms with Crippen LogP contribution in [0.4, 0.5) is 0 Å². The minimum Gasteiger partial charge on any atom is -0.462 e. The average molecular weight is 975 g/mol. The molecule has 0 aromatic heterocycles. The van der Waals surface area contributed by atoms with E-state index in [-0.39, 0.29) is 12.8 Å². The molecule has 62 heavy (non-hydrogen) atoms. The lowest BCUT2D eigenvalue weighted by Gasteiger charge is -2.44. The van der Waals surface area contributed by atoms with Gasteiger partial charge in [-0.15, -0.1) is 0 Å². The van der Waals surface area contributed by atoms with Gasteiger partial charge in [0.05, 0.1) is 6.61 Å². The number of hydrogen-bond donors (Lipinski definition) is 9. The topological polar surface area (TPSA) is 303 Å². The Kier molecular flexibility index (Phi) is 32.5. The first kappa shape index (κ1) is 59.5. The molecule has 1 saturated carbocycles. The fourth-order valence-electron chi connectivity index (χ4n) is 7.10. The van der Waals surface area contributed by atoms with Crippen LogP contribution in [-0.2, 0) is 50.9 Å². The Hall–Kier alpha value is -0.500. The number of phosphoric acid groups is 3. The van der Waals surface area contributed by atoms with E-state index >= 15 is 0 Å². The molecule has 0 saturated heterocycles. The van der Waals surface area contributed by atoms with E-state index in [1.54, 1.807) is 0 Å². The lowest BCUT2D eigenvalue weighted by atomic mass is 9.85. The second-order valence-electron chi connectivity index (χ2n) is 16.1. The molecule has 368 valence electrons. The van der Waals surface area contributed by atoms with Crippen molar-refractivity contribution in [2.24, 2.45) is 0 Å². The number of phosphoric ester groups is 3. The maximum absolute atomic E-state index is 13.1. The molecule has 0 heterocycles. The Balaban J connectivity index is 2.78. The largest absolute Gasteiger partial charge is 0.472 e. The maximum Gasteiger partial charge on any atom is 0.472 e. The number of thiol groups is 1. The first-order valence-corrected chi connectivity index (χ1v) is 27.6. The Morgan fingerprint density at radius 1 is 0.500 bits per heavy atom. The number of unbranched alkanes of at least 4 members (excludes halogenated alkanes) is 22. The molecule has 23 heteroatoms. The standard InChI is InChI=1S/C39H77O19P3S/c1-2-3-4-5-6-7-8-9-11-15-18-21-24-27-33(41)55-31(29-53-32(40)26-23-20-17-14-12-10-13-16-19-22-25-28-62)30-54-61(51,52)58-39-35(43)37(56-59(45,46)47)34(42)38(36(39)44)57-60(48,49)50/h31,34-39,42-44,62H,2-30H2,1H3,(H,51,52)(H2,45,46,47)(H2,48,49,50)/t31-,34?,35-,36?,37-,38+,39?/m1/s1. The maximum atomic E-state index is 13.1. The second-order valence-corrected chi connectivity index (χ2v) is 20.3. The van der Waals surface area contributed by atoms with Crippen LogP contribution in [0.2, 0.25) is 0 Å². The van der Waals surface area contributed by atoms with Crippen LogP contribution < -0.4 is 0 Å². The number of esters is 2. The summed E-state index contributed by atoms with van der Waals surface area (Å²) in [5, 5.41) is 31.8. The van der Waals surface area contributed by atoms with Crippen molar-refractivity contribution in [3.05, 3.63) is 0 Å². The van der Waals surface area contributed by atoms with Gasteiger partial charge in [0.2, 0.25) is 0 Å². The summed E-state index contributed by atoms with van der Waals surface area (Å²) in [7, 11) is -16.6. The molecule has 0 spiro atoms. The van der Waals surface area contributed by atoms with Crippen molar-refractivity contribution in [3.8, 4) is 0 Å². The zero-order valence-corrected chi connectivity index (χ0v) is 40.0. The Labute approximate surface area is 373 Å². The molecule has 0 amide bonds. The molecule has 1 rings (SSSR count). The SMILES string of the molecule is CCCCCCCCCCCCCCCC(=O)O[C@H](COC(=O)CCCCCCCCCCCCCS)COP(=O)(O)OC1C(O)[C@@H](OP(=O)(O)O)C(O)[C@@H](OP(=O)(O)O)[C@H]1O. The van der Waals surface area contributed by atoms with Crippen LogP contribution in [0.15, 0.2) is 0 Å². The van der Waals surface area contributed by atoms with Gasteiger partial charge in [-0.3, -0.25) is 27.7 Å². The van der Waals surface area contributed by atoms with Gasteiger partial charge in [0.25, 0.3) is 0 Å². The molecule has 0 radical (unpaired) electrons. The summed E-state index contributed by atoms with van der Waals surface area (Å²) in [5.41, 5.74) is 0. The number of aliphatic hydroxyl groups is 3. The van der Waals surface area contributed by atoms with E-state index in [0.717, 1.165) is 76.4 Å². The highest BCUT2D eigenvalue weighted by molar-refractivity contribution is 7.80. The van der Waals surface area contributed by atoms with Crippen LogP contribution in [0.5, 0.6) is 0 Å². The molecule has 1 aliphatic rings. The molecule has 0 aliphatic heterocycles. The molecule has 0 aromatic carbocycles. The Morgan fingerprint density at radius 2 is 0.839 bits per heavy atom. The Bertz CT molecular complexity index is 1300. The number of carbonyl (C=O) groups is 2. The summed E-state index contributed by atoms with van der Waals surface area (Å²) in [6, 6.07) is 0. The number of rotatable bonds is 39. The molecular weight excluding hydrogens is 897 g/mol. The predicted octanol–water partition coefficient (Wildman–Crippen LogP) is 7.09. The molecular formula is C39H77O19P3S. The van der Waals surface area contributed by atoms with Gasteiger partial charge in [-0.05, 0) is 25.0 Å². The van der Waals surface area contributed by atoms with Gasteiger partial charge < -0.3 is 49.3 Å². The molecule has 0 bridgehead atoms. The minimum absolute atomic E-state index is 0.00371. The summed E-state index contributed by atoms with van der Waals surface area (Å²) in [6.45, 7) is 0.701. The van der Waals surface area contributed by atoms with E-state index in [1.807, 2.05) is 0 Å². The van der Waals surface area contributed by atoms with E-state index in [1.165, 1.54) is 70.6 Å². The van der Waals surface area contributed by atoms with E-state index in [0.29, 0.717) is 12.8 Å². The van der Waals surface area contributed by atoms with Crippen molar-refractivity contribution in [2.75, 3.05) is 19.0 Å². The second kappa shape index (κ2) is 33.9. The van der Waals surface area contributed by atoms with E-state index in [4.69, 9.17) is 18.5 Å². The molecule has 1 aliphatic carbocycles. The Morgan fingerprint density at radius 3 is 1.21 bits per heavy atom. The van der Waals surface area contributed by atoms with Crippen LogP contribution in [0.25, 0.3) is 0 Å². The molecule has 8 atom stereocenters. The van der Waals surface area contributed by atoms with Gasteiger partial charge in [-0.1, -0.05) is 142 Å². The molecule has 8 N–H and O–H groups in total. The third kappa shape index (κ3) is 29.9. The van der Waals surface area contributed by atoms with Gasteiger partial charge in [-0.2, -0.15) is 12.6 Å². The predicted molar refractivity (Wildman–Crippen MR) is 233 cm³/mol. The molecule has 1 fully saturated rings. The van der Waals surface area contributed by atoms with Crippen molar-refractivity contribution in [2.45, 2.75) is 217 Å². The van der Waals surface area contributed by atoms with E-state index < -0.39 is 91.3 Å². The number of hydrogen-bond acceptors (Lipinski definition) is 15. The van der Waals surface area contributed by atoms with Crippen molar-refractivity contribution in [1.82, 2.24) is 0 Å². The highest BCUT2D eigenvalue weighted by Crippen LogP contribution is 2.51. The van der Waals surface area contributed by atoms with Crippen LogP contribution in [0.3, 0.4) is 0 Å². The number of aliphatic hydroxyl groups excluding tert-OH is 3. The summed E-state index contributed by atoms with van der Waals surface area (Å²) in [4.78, 5) is 73.1. The molecule has 0 aromatic rings. The van der Waals surface area contributed by atoms with Crippen LogP contribution >= 0.6 is 36.1 Å². The van der Waals surface area contributed by atoms with Crippen LogP contribution in [-0.4, -0.2) is 113 Å². The van der Waals surface area contributed by atoms with Gasteiger partial charge >= 0.3 is 35.4 Å². The quantitative estimate of drug-likeness (QED) is 0.0128. The molecule has 4 unspecified atom stereocenters. The highest BCUT2D eigenvalue weighted by atomic mass is 32.1. The van der Waals surface area contributed by atoms with Crippen molar-refractivity contribution in [1.29, 1.82) is 0 Å². The van der Waals surface area contributed by atoms with Crippen LogP contribution in [0, 0.1) is 0 Å². The van der Waals surface area contributed by atoms with Gasteiger partial charge in [0.15, 0.2) is 6.10 Å². The third-order valence-electron chi connectivity index (χ3n) is 10.5. The lowest BCUT2D eigenvalue weighted by Crippen LogP contribution is -2.65. The summed E-state index contributed by atoms with van der Waals surface area (Å²) >= 11 is 4.23. The fourth-order valence-corrected chi connectivity index (χ4v) is 9.43. The van der Waals surface area contributed by atoms with Gasteiger partial charge in [-0.25, -0.2) is 13.7 Å². The fraction of sp³-hybridized carbons (Fsp3) is 0.949. The smallest absolute Gasteiger partial charge is 0.462 e. The van der Waals surface area contributed by atoms with Crippen LogP contribution in [0.1, 0.15) is 174 Å². The highest BCUT2D eigenvalue weighted by Gasteiger charge is 2.56. The van der Waals surface area contributed by atoms with Gasteiger partial charge in [0.1, 0.15) is 43.2 Å². The summed E-state index contributed by atoms with van der Waals surface area (Å²) in [6.07, 6.45) is 9.63. The number of carbonyl (C=O) groups excluding carboxylic acids is 2. The van der Waals surface area contributed by atoms with Crippen molar-refractivity contribution < 1.29 is 90.6 Å². The molecule has 19 nitrogen and oxygen atoms in total. The third-order valence-corrected chi connectivity index (χ3v) is 12.8. The van der Waals surface area contributed by atoms with E-state index in [2.05, 4.69) is 28.6 Å². The van der Waals surface area contributed by atoms with Crippen molar-refractivity contribution >= 4 is 48.0 Å². The summed E-state index contributed by atoms with van der Waals surface area (Å²) in [5.74, 6) is -0.389. The monoisotopic (exact) mass is 974 g/mol. The zero-order valence-electron chi connectivity index (χ0n) is 36.4. The van der Waals surface area contributed by atoms with E-state index in [9.17, 15) is 63.1 Å². The first-order chi connectivity index (χ1) is 29.3. The average Bonchev–Trinajstić information content (AvgIpc) is 3.19. The summed E-state index contributed by atoms with van der Waals surface area (Å²) < 4.78 is 65.4. The normalized spacial score (nSPS) is 22.3. The first-order valence-electron chi connectivity index (χ1n) is 22.4. The minimum atomic E-state index is -5.55. The zero-order chi connectivity index (χ0) is 46.4. The van der Waals surface area contributed by atoms with Gasteiger partial charge in [0, 0.05) is 12.8 Å².